The van der Waals surface area contributed by atoms with Gasteiger partial charge >= 0.3 is 0 Å². The van der Waals surface area contributed by atoms with E-state index in [1.165, 1.54) is 12.8 Å². The second-order valence-corrected chi connectivity index (χ2v) is 6.77. The number of alkyl halides is 1. The first-order valence-corrected chi connectivity index (χ1v) is 7.27. The van der Waals surface area contributed by atoms with Crippen LogP contribution in [0, 0.1) is 12.8 Å². The third-order valence-corrected chi connectivity index (χ3v) is 4.67. The molecule has 96 valence electrons. The van der Waals surface area contributed by atoms with Crippen LogP contribution in [0.3, 0.4) is 0 Å². The van der Waals surface area contributed by atoms with Gasteiger partial charge in [-0.2, -0.15) is 5.10 Å². The lowest BCUT2D eigenvalue weighted by atomic mass is 9.85. The highest BCUT2D eigenvalue weighted by Crippen LogP contribution is 2.34. The van der Waals surface area contributed by atoms with Crippen molar-refractivity contribution in [2.75, 3.05) is 13.6 Å². The second-order valence-electron chi connectivity index (χ2n) is 5.10. The van der Waals surface area contributed by atoms with E-state index in [9.17, 15) is 0 Å². The van der Waals surface area contributed by atoms with Crippen molar-refractivity contribution in [3.05, 3.63) is 16.4 Å². The van der Waals surface area contributed by atoms with E-state index < -0.39 is 0 Å². The topological polar surface area (TPSA) is 21.1 Å². The monoisotopic (exact) mass is 319 g/mol. The lowest BCUT2D eigenvalue weighted by Crippen LogP contribution is -2.34. The van der Waals surface area contributed by atoms with Crippen molar-refractivity contribution < 1.29 is 0 Å². The molecule has 1 heterocycles. The lowest BCUT2D eigenvalue weighted by Gasteiger charge is -2.34. The molecule has 1 aromatic heterocycles. The Labute approximate surface area is 116 Å². The summed E-state index contributed by atoms with van der Waals surface area (Å²) in [5.41, 5.74) is 2.03. The summed E-state index contributed by atoms with van der Waals surface area (Å²) in [4.78, 5) is 3.08. The molecule has 1 saturated carbocycles. The van der Waals surface area contributed by atoms with Gasteiger partial charge in [0.15, 0.2) is 0 Å². The Kier molecular flexibility index (Phi) is 4.16. The van der Waals surface area contributed by atoms with Crippen LogP contribution in [0.5, 0.6) is 0 Å². The van der Waals surface area contributed by atoms with E-state index in [2.05, 4.69) is 33.0 Å². The Morgan fingerprint density at radius 2 is 2.18 bits per heavy atom. The number of aromatic nitrogens is 2. The maximum atomic E-state index is 6.25. The van der Waals surface area contributed by atoms with Crippen molar-refractivity contribution >= 4 is 27.5 Å². The van der Waals surface area contributed by atoms with Crippen LogP contribution < -0.4 is 0 Å². The maximum Gasteiger partial charge on any atom is 0.0860 e. The molecule has 1 aliphatic rings. The molecule has 1 aromatic rings. The third kappa shape index (κ3) is 3.04. The average molecular weight is 321 g/mol. The van der Waals surface area contributed by atoms with E-state index >= 15 is 0 Å². The Balaban J connectivity index is 1.91. The Hall–Kier alpha value is -0.0600. The van der Waals surface area contributed by atoms with Crippen LogP contribution in [0.15, 0.2) is 0 Å². The highest BCUT2D eigenvalue weighted by atomic mass is 79.9. The molecule has 5 heteroatoms. The van der Waals surface area contributed by atoms with E-state index in [1.807, 2.05) is 18.7 Å². The standard InChI is InChI=1S/C12H19BrClN3/c1-8-12(14)11(17(3)15-8)7-16(2)6-9-4-10(13)5-9/h9-10H,4-7H2,1-3H3. The molecule has 0 N–H and O–H groups in total. The van der Waals surface area contributed by atoms with Gasteiger partial charge in [-0.1, -0.05) is 27.5 Å². The lowest BCUT2D eigenvalue weighted by molar-refractivity contribution is 0.205. The van der Waals surface area contributed by atoms with E-state index in [4.69, 9.17) is 11.6 Å². The molecule has 1 fully saturated rings. The van der Waals surface area contributed by atoms with Crippen LogP contribution >= 0.6 is 27.5 Å². The Morgan fingerprint density at radius 3 is 2.65 bits per heavy atom. The highest BCUT2D eigenvalue weighted by Gasteiger charge is 2.27. The Morgan fingerprint density at radius 1 is 1.53 bits per heavy atom. The van der Waals surface area contributed by atoms with Crippen LogP contribution in [0.4, 0.5) is 0 Å². The van der Waals surface area contributed by atoms with Gasteiger partial charge in [0.05, 0.1) is 16.4 Å². The minimum absolute atomic E-state index is 0.739. The molecule has 0 aromatic carbocycles. The zero-order valence-electron chi connectivity index (χ0n) is 10.6. The number of hydrogen-bond acceptors (Lipinski definition) is 2. The van der Waals surface area contributed by atoms with Gasteiger partial charge in [0.25, 0.3) is 0 Å². The van der Waals surface area contributed by atoms with Gasteiger partial charge in [-0.05, 0) is 32.7 Å². The molecule has 0 aliphatic heterocycles. The van der Waals surface area contributed by atoms with E-state index in [0.29, 0.717) is 0 Å². The van der Waals surface area contributed by atoms with Gasteiger partial charge in [0.1, 0.15) is 0 Å². The summed E-state index contributed by atoms with van der Waals surface area (Å²) in [6, 6.07) is 0. The summed E-state index contributed by atoms with van der Waals surface area (Å²) in [5.74, 6) is 0.831. The predicted molar refractivity (Wildman–Crippen MR) is 74.7 cm³/mol. The number of aryl methyl sites for hydroxylation is 2. The summed E-state index contributed by atoms with van der Waals surface area (Å²) in [6.45, 7) is 3.97. The maximum absolute atomic E-state index is 6.25. The van der Waals surface area contributed by atoms with Crippen molar-refractivity contribution in [1.29, 1.82) is 0 Å². The number of nitrogens with zero attached hydrogens (tertiary/aromatic N) is 3. The van der Waals surface area contributed by atoms with Crippen LogP contribution in [-0.2, 0) is 13.6 Å². The fourth-order valence-electron chi connectivity index (χ4n) is 2.42. The summed E-state index contributed by atoms with van der Waals surface area (Å²) in [5, 5.41) is 5.15. The van der Waals surface area contributed by atoms with Gasteiger partial charge in [-0.25, -0.2) is 0 Å². The minimum Gasteiger partial charge on any atom is -0.300 e. The second kappa shape index (κ2) is 5.29. The number of halogens is 2. The summed E-state index contributed by atoms with van der Waals surface area (Å²) < 4.78 is 1.89. The average Bonchev–Trinajstić information content (AvgIpc) is 2.43. The van der Waals surface area contributed by atoms with E-state index in [1.54, 1.807) is 0 Å². The largest absolute Gasteiger partial charge is 0.300 e. The summed E-state index contributed by atoms with van der Waals surface area (Å²) in [6.07, 6.45) is 2.59. The van der Waals surface area contributed by atoms with Gasteiger partial charge in [-0.15, -0.1) is 0 Å². The van der Waals surface area contributed by atoms with Crippen LogP contribution in [-0.4, -0.2) is 33.1 Å². The molecule has 0 bridgehead atoms. The van der Waals surface area contributed by atoms with Crippen molar-refractivity contribution in [2.45, 2.75) is 31.1 Å². The molecule has 0 amide bonds. The molecule has 0 saturated heterocycles. The van der Waals surface area contributed by atoms with E-state index in [0.717, 1.165) is 40.2 Å². The van der Waals surface area contributed by atoms with Crippen molar-refractivity contribution in [2.24, 2.45) is 13.0 Å². The molecule has 17 heavy (non-hydrogen) atoms. The van der Waals surface area contributed by atoms with Crippen LogP contribution in [0.1, 0.15) is 24.2 Å². The number of rotatable bonds is 4. The van der Waals surface area contributed by atoms with E-state index in [-0.39, 0.29) is 0 Å². The van der Waals surface area contributed by atoms with Crippen molar-refractivity contribution in [1.82, 2.24) is 14.7 Å². The normalized spacial score (nSPS) is 24.1. The van der Waals surface area contributed by atoms with Crippen molar-refractivity contribution in [3.8, 4) is 0 Å². The molecular weight excluding hydrogens is 302 g/mol. The summed E-state index contributed by atoms with van der Waals surface area (Å²) >= 11 is 9.88. The molecule has 1 aliphatic carbocycles. The van der Waals surface area contributed by atoms with Gasteiger partial charge in [-0.3, -0.25) is 4.68 Å². The number of hydrogen-bond donors (Lipinski definition) is 0. The SMILES string of the molecule is Cc1nn(C)c(CN(C)CC2CC(Br)C2)c1Cl. The Bertz CT molecular complexity index is 399. The van der Waals surface area contributed by atoms with Crippen LogP contribution in [0.25, 0.3) is 0 Å². The fourth-order valence-corrected chi connectivity index (χ4v) is 3.69. The fraction of sp³-hybridized carbons (Fsp3) is 0.750. The minimum atomic E-state index is 0.739. The highest BCUT2D eigenvalue weighted by molar-refractivity contribution is 9.09. The van der Waals surface area contributed by atoms with Gasteiger partial charge in [0.2, 0.25) is 0 Å². The molecular formula is C12H19BrClN3. The van der Waals surface area contributed by atoms with Crippen molar-refractivity contribution in [3.63, 3.8) is 0 Å². The zero-order valence-corrected chi connectivity index (χ0v) is 12.9. The van der Waals surface area contributed by atoms with Crippen LogP contribution in [0.2, 0.25) is 5.02 Å². The molecule has 0 unspecified atom stereocenters. The predicted octanol–water partition coefficient (Wildman–Crippen LogP) is 2.99. The first-order valence-electron chi connectivity index (χ1n) is 5.98. The zero-order chi connectivity index (χ0) is 12.6. The molecule has 0 spiro atoms. The molecule has 0 radical (unpaired) electrons. The quantitative estimate of drug-likeness (QED) is 0.795. The summed E-state index contributed by atoms with van der Waals surface area (Å²) in [7, 11) is 4.11. The molecule has 3 nitrogen and oxygen atoms in total. The molecule has 0 atom stereocenters. The van der Waals surface area contributed by atoms with Gasteiger partial charge < -0.3 is 4.90 Å². The molecule has 2 rings (SSSR count). The third-order valence-electron chi connectivity index (χ3n) is 3.43. The first-order chi connectivity index (χ1) is 7.97. The smallest absolute Gasteiger partial charge is 0.0860 e. The first kappa shape index (κ1) is 13.4. The van der Waals surface area contributed by atoms with Gasteiger partial charge in [0, 0.05) is 25.0 Å².